The Hall–Kier alpha value is -1.08. The van der Waals surface area contributed by atoms with Gasteiger partial charge in [0.05, 0.1) is 5.52 Å². The average Bonchev–Trinajstić information content (AvgIpc) is 2.63. The van der Waals surface area contributed by atoms with Crippen LogP contribution in [0.4, 0.5) is 0 Å². The minimum Gasteiger partial charge on any atom is -0.256 e. The molecule has 0 radical (unpaired) electrons. The third-order valence-corrected chi connectivity index (χ3v) is 4.38. The van der Waals surface area contributed by atoms with E-state index in [1.165, 1.54) is 36.6 Å². The third-order valence-electron chi connectivity index (χ3n) is 3.98. The molecule has 0 N–H and O–H groups in total. The molecule has 0 spiro atoms. The van der Waals surface area contributed by atoms with Crippen LogP contribution in [0.1, 0.15) is 43.6 Å². The predicted molar refractivity (Wildman–Crippen MR) is 77.2 cm³/mol. The number of hydrogen-bond acceptors (Lipinski definition) is 1. The van der Waals surface area contributed by atoms with Gasteiger partial charge < -0.3 is 0 Å². The van der Waals surface area contributed by atoms with Gasteiger partial charge in [0.1, 0.15) is 0 Å². The van der Waals surface area contributed by atoms with E-state index in [-0.39, 0.29) is 0 Å². The highest BCUT2D eigenvalue weighted by atomic mass is 35.5. The van der Waals surface area contributed by atoms with Crippen LogP contribution in [0.25, 0.3) is 10.9 Å². The number of aromatic nitrogens is 1. The second kappa shape index (κ2) is 5.27. The topological polar surface area (TPSA) is 12.9 Å². The van der Waals surface area contributed by atoms with Crippen molar-refractivity contribution in [2.75, 3.05) is 0 Å². The summed E-state index contributed by atoms with van der Waals surface area (Å²) >= 11 is 6.40. The molecular weight excluding hydrogens is 242 g/mol. The third kappa shape index (κ3) is 2.37. The van der Waals surface area contributed by atoms with Crippen LogP contribution in [-0.2, 0) is 0 Å². The first kappa shape index (κ1) is 12.0. The highest BCUT2D eigenvalue weighted by Gasteiger charge is 2.21. The molecule has 0 amide bonds. The Balaban J connectivity index is 2.02. The van der Waals surface area contributed by atoms with E-state index < -0.39 is 0 Å². The van der Waals surface area contributed by atoms with E-state index in [2.05, 4.69) is 29.2 Å². The second-order valence-electron chi connectivity index (χ2n) is 5.23. The summed E-state index contributed by atoms with van der Waals surface area (Å²) in [6.45, 7) is 0. The summed E-state index contributed by atoms with van der Waals surface area (Å²) < 4.78 is 0. The Bertz CT molecular complexity index is 532. The van der Waals surface area contributed by atoms with Gasteiger partial charge in [-0.3, -0.25) is 4.98 Å². The highest BCUT2D eigenvalue weighted by Crippen LogP contribution is 2.36. The van der Waals surface area contributed by atoms with Crippen LogP contribution < -0.4 is 0 Å². The van der Waals surface area contributed by atoms with E-state index in [1.54, 1.807) is 0 Å². The lowest BCUT2D eigenvalue weighted by atomic mass is 9.89. The number of halogens is 1. The fraction of sp³-hybridized carbons (Fsp3) is 0.438. The lowest BCUT2D eigenvalue weighted by Gasteiger charge is -2.18. The van der Waals surface area contributed by atoms with Crippen molar-refractivity contribution in [3.63, 3.8) is 0 Å². The maximum absolute atomic E-state index is 6.40. The molecule has 0 aliphatic heterocycles. The zero-order valence-electron chi connectivity index (χ0n) is 10.5. The lowest BCUT2D eigenvalue weighted by molar-refractivity contribution is 0.599. The molecule has 1 aliphatic carbocycles. The van der Waals surface area contributed by atoms with E-state index in [1.807, 2.05) is 12.3 Å². The second-order valence-corrected chi connectivity index (χ2v) is 5.85. The number of benzene rings is 1. The molecule has 2 unspecified atom stereocenters. The maximum Gasteiger partial charge on any atom is 0.0704 e. The zero-order valence-corrected chi connectivity index (χ0v) is 11.2. The molecule has 3 rings (SSSR count). The molecule has 1 heterocycles. The molecule has 18 heavy (non-hydrogen) atoms. The van der Waals surface area contributed by atoms with Crippen molar-refractivity contribution in [1.29, 1.82) is 0 Å². The Labute approximate surface area is 113 Å². The van der Waals surface area contributed by atoms with Crippen molar-refractivity contribution in [2.45, 2.75) is 43.4 Å². The number of nitrogens with zero attached hydrogens (tertiary/aromatic N) is 1. The molecule has 1 aromatic carbocycles. The molecule has 0 bridgehead atoms. The van der Waals surface area contributed by atoms with Gasteiger partial charge in [-0.2, -0.15) is 0 Å². The number of fused-ring (bicyclic) bond motifs is 1. The van der Waals surface area contributed by atoms with E-state index in [9.17, 15) is 0 Å². The van der Waals surface area contributed by atoms with Gasteiger partial charge in [0.15, 0.2) is 0 Å². The van der Waals surface area contributed by atoms with Crippen LogP contribution in [-0.4, -0.2) is 10.4 Å². The zero-order chi connectivity index (χ0) is 12.4. The van der Waals surface area contributed by atoms with Crippen molar-refractivity contribution in [1.82, 2.24) is 4.98 Å². The molecule has 2 aromatic rings. The Morgan fingerprint density at radius 3 is 2.89 bits per heavy atom. The van der Waals surface area contributed by atoms with E-state index in [4.69, 9.17) is 11.6 Å². The fourth-order valence-electron chi connectivity index (χ4n) is 3.07. The predicted octanol–water partition coefficient (Wildman–Crippen LogP) is 4.89. The molecular formula is C16H18ClN. The Morgan fingerprint density at radius 2 is 1.94 bits per heavy atom. The van der Waals surface area contributed by atoms with E-state index in [0.717, 1.165) is 11.9 Å². The molecule has 2 atom stereocenters. The summed E-state index contributed by atoms with van der Waals surface area (Å²) in [6, 6.07) is 10.7. The van der Waals surface area contributed by atoms with Gasteiger partial charge in [-0.15, -0.1) is 11.6 Å². The van der Waals surface area contributed by atoms with Crippen molar-refractivity contribution < 1.29 is 0 Å². The lowest BCUT2D eigenvalue weighted by Crippen LogP contribution is -2.05. The Morgan fingerprint density at radius 1 is 1.06 bits per heavy atom. The van der Waals surface area contributed by atoms with Crippen LogP contribution in [0, 0.1) is 0 Å². The van der Waals surface area contributed by atoms with E-state index in [0.29, 0.717) is 11.3 Å². The van der Waals surface area contributed by atoms with Crippen molar-refractivity contribution >= 4 is 22.5 Å². The maximum atomic E-state index is 6.40. The van der Waals surface area contributed by atoms with Crippen LogP contribution in [0.3, 0.4) is 0 Å². The van der Waals surface area contributed by atoms with Crippen LogP contribution in [0.5, 0.6) is 0 Å². The Kier molecular flexibility index (Phi) is 3.51. The molecule has 1 nitrogen and oxygen atoms in total. The van der Waals surface area contributed by atoms with Gasteiger partial charge in [-0.05, 0) is 42.9 Å². The smallest absolute Gasteiger partial charge is 0.0704 e. The van der Waals surface area contributed by atoms with Crippen LogP contribution in [0.2, 0.25) is 0 Å². The van der Waals surface area contributed by atoms with Gasteiger partial charge in [0.25, 0.3) is 0 Å². The minimum absolute atomic E-state index is 0.337. The highest BCUT2D eigenvalue weighted by molar-refractivity contribution is 6.20. The van der Waals surface area contributed by atoms with Crippen LogP contribution in [0.15, 0.2) is 36.5 Å². The first-order valence-electron chi connectivity index (χ1n) is 6.82. The summed E-state index contributed by atoms with van der Waals surface area (Å²) in [5.41, 5.74) is 2.54. The first-order valence-corrected chi connectivity index (χ1v) is 7.26. The summed E-state index contributed by atoms with van der Waals surface area (Å²) in [6.07, 6.45) is 7.97. The minimum atomic E-state index is 0.337. The van der Waals surface area contributed by atoms with Gasteiger partial charge in [0, 0.05) is 17.0 Å². The van der Waals surface area contributed by atoms with Gasteiger partial charge in [-0.1, -0.05) is 31.0 Å². The molecule has 1 aliphatic rings. The van der Waals surface area contributed by atoms with Crippen molar-refractivity contribution in [2.24, 2.45) is 0 Å². The molecule has 0 saturated heterocycles. The van der Waals surface area contributed by atoms with Crippen LogP contribution >= 0.6 is 11.6 Å². The van der Waals surface area contributed by atoms with Gasteiger partial charge in [0.2, 0.25) is 0 Å². The SMILES string of the molecule is ClC1CCCCC(c2cccc3ncccc23)C1. The van der Waals surface area contributed by atoms with E-state index >= 15 is 0 Å². The van der Waals surface area contributed by atoms with Gasteiger partial charge in [-0.25, -0.2) is 0 Å². The van der Waals surface area contributed by atoms with Crippen molar-refractivity contribution in [3.05, 3.63) is 42.1 Å². The molecule has 1 fully saturated rings. The standard InChI is InChI=1S/C16H18ClN/c17-13-6-2-1-5-12(11-13)14-7-3-9-16-15(14)8-4-10-18-16/h3-4,7-10,12-13H,1-2,5-6,11H2. The number of alkyl halides is 1. The summed E-state index contributed by atoms with van der Waals surface area (Å²) in [4.78, 5) is 4.45. The summed E-state index contributed by atoms with van der Waals surface area (Å²) in [5, 5.41) is 1.64. The molecule has 2 heteroatoms. The molecule has 94 valence electrons. The molecule has 1 saturated carbocycles. The van der Waals surface area contributed by atoms with Crippen molar-refractivity contribution in [3.8, 4) is 0 Å². The van der Waals surface area contributed by atoms with Gasteiger partial charge >= 0.3 is 0 Å². The summed E-state index contributed by atoms with van der Waals surface area (Å²) in [5.74, 6) is 0.600. The number of pyridine rings is 1. The number of rotatable bonds is 1. The summed E-state index contributed by atoms with van der Waals surface area (Å²) in [7, 11) is 0. The largest absolute Gasteiger partial charge is 0.256 e. The molecule has 1 aromatic heterocycles. The monoisotopic (exact) mass is 259 g/mol. The fourth-order valence-corrected chi connectivity index (χ4v) is 3.44. The quantitative estimate of drug-likeness (QED) is 0.525. The first-order chi connectivity index (χ1) is 8.84. The normalized spacial score (nSPS) is 24.9. The average molecular weight is 260 g/mol. The number of hydrogen-bond donors (Lipinski definition) is 0.